The molecule has 2 heterocycles. The first kappa shape index (κ1) is 36.9. The van der Waals surface area contributed by atoms with Gasteiger partial charge in [0.15, 0.2) is 21.8 Å². The summed E-state index contributed by atoms with van der Waals surface area (Å²) in [6, 6.07) is 8.25. The zero-order valence-corrected chi connectivity index (χ0v) is 29.1. The van der Waals surface area contributed by atoms with Crippen LogP contribution in [-0.4, -0.2) is 60.4 Å². The van der Waals surface area contributed by atoms with Crippen molar-refractivity contribution in [1.82, 2.24) is 14.8 Å². The molecule has 1 saturated carbocycles. The number of nitrogens with zero attached hydrogens (tertiary/aromatic N) is 3. The first-order chi connectivity index (χ1) is 23.3. The fraction of sp³-hybridized carbons (Fsp3) is 0.344. The quantitative estimate of drug-likeness (QED) is 0.144. The van der Waals surface area contributed by atoms with Crippen molar-refractivity contribution in [3.05, 3.63) is 76.1 Å². The minimum Gasteiger partial charge on any atom is -0.439 e. The van der Waals surface area contributed by atoms with Gasteiger partial charge in [-0.1, -0.05) is 23.6 Å². The number of benzene rings is 2. The Hall–Kier alpha value is -4.40. The van der Waals surface area contributed by atoms with Gasteiger partial charge in [-0.2, -0.15) is 5.10 Å². The number of primary amides is 1. The van der Waals surface area contributed by atoms with Crippen LogP contribution in [0.25, 0.3) is 22.0 Å². The van der Waals surface area contributed by atoms with Gasteiger partial charge in [0.05, 0.1) is 26.9 Å². The Kier molecular flexibility index (Phi) is 10.1. The predicted octanol–water partition coefficient (Wildman–Crippen LogP) is 5.75. The second-order valence-corrected chi connectivity index (χ2v) is 17.1. The number of carbonyl (C=O) groups is 1. The lowest BCUT2D eigenvalue weighted by atomic mass is 9.95. The lowest BCUT2D eigenvalue weighted by Crippen LogP contribution is -2.28. The molecule has 2 aromatic carbocycles. The second kappa shape index (κ2) is 13.7. The number of sulfonamides is 1. The van der Waals surface area contributed by atoms with Crippen LogP contribution in [0.1, 0.15) is 49.7 Å². The van der Waals surface area contributed by atoms with Gasteiger partial charge in [-0.15, -0.1) is 0 Å². The van der Waals surface area contributed by atoms with E-state index < -0.39 is 66.7 Å². The third-order valence-corrected chi connectivity index (χ3v) is 12.0. The van der Waals surface area contributed by atoms with Crippen molar-refractivity contribution in [2.24, 2.45) is 5.73 Å². The number of nitrogens with two attached hydrogens (primary N) is 1. The molecule has 50 heavy (non-hydrogen) atoms. The summed E-state index contributed by atoms with van der Waals surface area (Å²) in [6.45, 7) is 1.78. The van der Waals surface area contributed by atoms with Gasteiger partial charge in [-0.25, -0.2) is 44.2 Å². The molecule has 5 rings (SSSR count). The number of nitrogens with one attached hydrogen (secondary N) is 1. The number of aromatic nitrogens is 3. The minimum absolute atomic E-state index is 0.0154. The Morgan fingerprint density at radius 3 is 2.32 bits per heavy atom. The number of amides is 1. The summed E-state index contributed by atoms with van der Waals surface area (Å²) in [7, 11) is -7.59. The van der Waals surface area contributed by atoms with E-state index in [2.05, 4.69) is 26.6 Å². The summed E-state index contributed by atoms with van der Waals surface area (Å²) in [4.78, 5) is 16.7. The molecule has 1 atom stereocenters. The van der Waals surface area contributed by atoms with Crippen molar-refractivity contribution in [1.29, 1.82) is 0 Å². The molecule has 0 saturated heterocycles. The van der Waals surface area contributed by atoms with Crippen molar-refractivity contribution in [3.8, 4) is 23.0 Å². The number of pyridine rings is 1. The van der Waals surface area contributed by atoms with E-state index in [0.717, 1.165) is 23.1 Å². The van der Waals surface area contributed by atoms with Gasteiger partial charge in [0.25, 0.3) is 6.43 Å². The molecule has 18 heteroatoms. The topological polar surface area (TPSA) is 163 Å². The Bertz CT molecular complexity index is 2260. The highest BCUT2D eigenvalue weighted by Gasteiger charge is 2.37. The van der Waals surface area contributed by atoms with Gasteiger partial charge in [-0.05, 0) is 68.5 Å². The van der Waals surface area contributed by atoms with Crippen molar-refractivity contribution < 1.29 is 43.9 Å². The van der Waals surface area contributed by atoms with Crippen LogP contribution in [0.5, 0.6) is 0 Å². The fourth-order valence-corrected chi connectivity index (χ4v) is 6.85. The highest BCUT2D eigenvalue weighted by molar-refractivity contribution is 7.93. The Morgan fingerprint density at radius 1 is 1.10 bits per heavy atom. The summed E-state index contributed by atoms with van der Waals surface area (Å²) in [5, 5.41) is 3.42. The number of alkyl halides is 2. The molecule has 266 valence electrons. The van der Waals surface area contributed by atoms with E-state index in [4.69, 9.17) is 22.1 Å². The number of halogens is 5. The van der Waals surface area contributed by atoms with Crippen molar-refractivity contribution >= 4 is 54.3 Å². The summed E-state index contributed by atoms with van der Waals surface area (Å²) < 4.78 is 114. The van der Waals surface area contributed by atoms with E-state index in [1.165, 1.54) is 38.1 Å². The van der Waals surface area contributed by atoms with E-state index in [0.29, 0.717) is 18.9 Å². The SMILES string of the molecule is CC(C)(C#Cc1ccc(-c2ccc(Cl)c3c(NS(=O)(=O)C4CC4)nn(CC(F)F)c23)c([C@H](Cc2cc(F)cc(F)c2)OC(N)=O)n1)S(C)(=O)=O. The molecule has 3 N–H and O–H groups in total. The van der Waals surface area contributed by atoms with Gasteiger partial charge in [-0.3, -0.25) is 9.40 Å². The van der Waals surface area contributed by atoms with Gasteiger partial charge >= 0.3 is 6.09 Å². The number of anilines is 1. The zero-order valence-electron chi connectivity index (χ0n) is 26.7. The standard InChI is InChI=1S/C32H30ClF4N5O6S2/c1-32(2,49(3,44)45)11-10-20-4-7-22(28(39-20)25(48-31(38)43)14-17-12-18(34)15-19(35)13-17)23-8-9-24(33)27-29(23)42(16-26(36)37)40-30(27)41-50(46,47)21-5-6-21/h4,7-9,12-13,15,21,25-26H,5-6,14,16H2,1-3H3,(H2,38,43)(H,40,41)/t25-/m0/s1. The van der Waals surface area contributed by atoms with Crippen LogP contribution in [-0.2, 0) is 37.6 Å². The summed E-state index contributed by atoms with van der Waals surface area (Å²) in [5.74, 6) is 3.18. The van der Waals surface area contributed by atoms with Gasteiger partial charge in [0.1, 0.15) is 28.6 Å². The first-order valence-electron chi connectivity index (χ1n) is 14.9. The minimum atomic E-state index is -3.93. The zero-order chi connectivity index (χ0) is 36.8. The number of rotatable bonds is 11. The van der Waals surface area contributed by atoms with Crippen LogP contribution < -0.4 is 10.5 Å². The first-order valence-corrected chi connectivity index (χ1v) is 18.7. The summed E-state index contributed by atoms with van der Waals surface area (Å²) in [6.07, 6.45) is -4.28. The number of sulfone groups is 1. The molecule has 0 unspecified atom stereocenters. The van der Waals surface area contributed by atoms with Crippen LogP contribution in [0, 0.1) is 23.5 Å². The van der Waals surface area contributed by atoms with Gasteiger partial charge in [0.2, 0.25) is 10.0 Å². The molecule has 1 amide bonds. The molecule has 1 aliphatic rings. The lowest BCUT2D eigenvalue weighted by molar-refractivity contribution is 0.104. The Morgan fingerprint density at radius 2 is 1.74 bits per heavy atom. The van der Waals surface area contributed by atoms with Crippen LogP contribution in [0.3, 0.4) is 0 Å². The maximum atomic E-state index is 14.2. The fourth-order valence-electron chi connectivity index (χ4n) is 5.03. The van der Waals surface area contributed by atoms with E-state index in [1.54, 1.807) is 0 Å². The smallest absolute Gasteiger partial charge is 0.405 e. The maximum absolute atomic E-state index is 14.2. The number of hydrogen-bond acceptors (Lipinski definition) is 8. The number of fused-ring (bicyclic) bond motifs is 1. The lowest BCUT2D eigenvalue weighted by Gasteiger charge is -2.21. The summed E-state index contributed by atoms with van der Waals surface area (Å²) >= 11 is 6.53. The van der Waals surface area contributed by atoms with Crippen LogP contribution in [0.4, 0.5) is 28.2 Å². The molecule has 0 aliphatic heterocycles. The molecule has 0 spiro atoms. The molecule has 4 aromatic rings. The molecular weight excluding hydrogens is 726 g/mol. The predicted molar refractivity (Wildman–Crippen MR) is 179 cm³/mol. The maximum Gasteiger partial charge on any atom is 0.405 e. The molecular formula is C32H30ClF4N5O6S2. The molecule has 0 radical (unpaired) electrons. The van der Waals surface area contributed by atoms with Crippen molar-refractivity contribution in [2.45, 2.75) is 62.2 Å². The van der Waals surface area contributed by atoms with Crippen LogP contribution in [0.15, 0.2) is 42.5 Å². The average Bonchev–Trinajstić information content (AvgIpc) is 3.79. The van der Waals surface area contributed by atoms with E-state index in [9.17, 15) is 39.2 Å². The number of carbonyl (C=O) groups excluding carboxylic acids is 1. The van der Waals surface area contributed by atoms with E-state index in [-0.39, 0.29) is 56.2 Å². The molecule has 0 bridgehead atoms. The van der Waals surface area contributed by atoms with Crippen LogP contribution >= 0.6 is 11.6 Å². The average molecular weight is 756 g/mol. The van der Waals surface area contributed by atoms with Crippen molar-refractivity contribution in [3.63, 3.8) is 0 Å². The second-order valence-electron chi connectivity index (χ2n) is 12.2. The number of hydrogen-bond donors (Lipinski definition) is 2. The largest absolute Gasteiger partial charge is 0.439 e. The van der Waals surface area contributed by atoms with Gasteiger partial charge < -0.3 is 10.5 Å². The molecule has 1 aliphatic carbocycles. The summed E-state index contributed by atoms with van der Waals surface area (Å²) in [5.41, 5.74) is 5.48. The Balaban J connectivity index is 1.79. The molecule has 2 aromatic heterocycles. The monoisotopic (exact) mass is 755 g/mol. The molecule has 1 fully saturated rings. The Labute approximate surface area is 290 Å². The normalized spacial score (nSPS) is 14.3. The van der Waals surface area contributed by atoms with E-state index in [1.807, 2.05) is 0 Å². The van der Waals surface area contributed by atoms with Crippen molar-refractivity contribution in [2.75, 3.05) is 11.0 Å². The highest BCUT2D eigenvalue weighted by atomic mass is 35.5. The molecule has 11 nitrogen and oxygen atoms in total. The number of ether oxygens (including phenoxy) is 1. The third-order valence-electron chi connectivity index (χ3n) is 7.90. The third kappa shape index (κ3) is 8.14. The van der Waals surface area contributed by atoms with E-state index >= 15 is 0 Å². The highest BCUT2D eigenvalue weighted by Crippen LogP contribution is 2.42. The van der Waals surface area contributed by atoms with Gasteiger partial charge in [0, 0.05) is 29.9 Å². The van der Waals surface area contributed by atoms with Crippen LogP contribution in [0.2, 0.25) is 5.02 Å².